The number of nitrogens with one attached hydrogen (secondary N) is 1. The van der Waals surface area contributed by atoms with Gasteiger partial charge in [0.25, 0.3) is 0 Å². The first kappa shape index (κ1) is 20.8. The molecule has 0 radical (unpaired) electrons. The minimum absolute atomic E-state index is 0.235. The van der Waals surface area contributed by atoms with Gasteiger partial charge in [0.15, 0.2) is 5.76 Å². The number of benzene rings is 3. The van der Waals surface area contributed by atoms with Gasteiger partial charge in [-0.2, -0.15) is 0 Å². The number of hydrogen-bond acceptors (Lipinski definition) is 4. The van der Waals surface area contributed by atoms with Crippen molar-refractivity contribution in [1.82, 2.24) is 0 Å². The summed E-state index contributed by atoms with van der Waals surface area (Å²) < 4.78 is 11.9. The number of ketones is 1. The van der Waals surface area contributed by atoms with Crippen LogP contribution in [0.1, 0.15) is 21.7 Å². The molecule has 1 heterocycles. The Balaban J connectivity index is 1.73. The second-order valence-electron chi connectivity index (χ2n) is 6.57. The molecule has 4 rings (SSSR count). The smallest absolute Gasteiger partial charge is 0.230 e. The van der Waals surface area contributed by atoms with Gasteiger partial charge in [-0.25, -0.2) is 0 Å². The first-order valence-corrected chi connectivity index (χ1v) is 10.6. The van der Waals surface area contributed by atoms with Crippen LogP contribution < -0.4 is 10.1 Å². The van der Waals surface area contributed by atoms with Crippen molar-refractivity contribution in [1.29, 1.82) is 0 Å². The van der Waals surface area contributed by atoms with Gasteiger partial charge in [0.1, 0.15) is 11.3 Å². The first-order chi connectivity index (χ1) is 14.5. The van der Waals surface area contributed by atoms with E-state index in [9.17, 15) is 4.79 Å². The van der Waals surface area contributed by atoms with Crippen molar-refractivity contribution >= 4 is 61.6 Å². The molecule has 1 N–H and O–H groups in total. The van der Waals surface area contributed by atoms with E-state index in [0.717, 1.165) is 10.9 Å². The van der Waals surface area contributed by atoms with Crippen LogP contribution in [0.2, 0.25) is 10.0 Å². The van der Waals surface area contributed by atoms with Crippen molar-refractivity contribution in [3.8, 4) is 5.75 Å². The summed E-state index contributed by atoms with van der Waals surface area (Å²) in [6, 6.07) is 18.0. The Morgan fingerprint density at radius 2 is 1.90 bits per heavy atom. The molecule has 4 nitrogen and oxygen atoms in total. The highest BCUT2D eigenvalue weighted by atomic mass is 79.9. The molecule has 0 amide bonds. The van der Waals surface area contributed by atoms with Crippen LogP contribution in [0.3, 0.4) is 0 Å². The van der Waals surface area contributed by atoms with Crippen molar-refractivity contribution in [2.75, 3.05) is 12.4 Å². The van der Waals surface area contributed by atoms with Crippen molar-refractivity contribution in [3.63, 3.8) is 0 Å². The van der Waals surface area contributed by atoms with Crippen LogP contribution in [0.4, 0.5) is 5.69 Å². The van der Waals surface area contributed by atoms with Gasteiger partial charge in [0.05, 0.1) is 17.3 Å². The fourth-order valence-electron chi connectivity index (χ4n) is 3.17. The molecule has 0 aliphatic carbocycles. The number of ether oxygens (including phenoxy) is 1. The molecule has 0 saturated carbocycles. The molecule has 0 fully saturated rings. The number of para-hydroxylation sites is 1. The second-order valence-corrected chi connectivity index (χ2v) is 8.27. The van der Waals surface area contributed by atoms with E-state index in [1.54, 1.807) is 37.4 Å². The number of halogens is 3. The van der Waals surface area contributed by atoms with E-state index >= 15 is 0 Å². The lowest BCUT2D eigenvalue weighted by molar-refractivity contribution is 0.101. The van der Waals surface area contributed by atoms with Gasteiger partial charge in [-0.1, -0.05) is 41.4 Å². The number of carbonyl (C=O) groups is 1. The van der Waals surface area contributed by atoms with Gasteiger partial charge < -0.3 is 14.5 Å². The molecule has 0 aliphatic rings. The SMILES string of the molecule is COc1ccc(C(=O)c2oc3ccccc3c2NCc2ccc(Cl)cc2Cl)cc1Br. The second kappa shape index (κ2) is 8.72. The van der Waals surface area contributed by atoms with E-state index in [-0.39, 0.29) is 11.5 Å². The van der Waals surface area contributed by atoms with Crippen LogP contribution >= 0.6 is 39.1 Å². The Hall–Kier alpha value is -2.47. The summed E-state index contributed by atoms with van der Waals surface area (Å²) in [7, 11) is 1.57. The topological polar surface area (TPSA) is 51.5 Å². The lowest BCUT2D eigenvalue weighted by atomic mass is 10.1. The highest BCUT2D eigenvalue weighted by Crippen LogP contribution is 2.35. The number of carbonyl (C=O) groups excluding carboxylic acids is 1. The van der Waals surface area contributed by atoms with E-state index < -0.39 is 0 Å². The largest absolute Gasteiger partial charge is 0.496 e. The number of hydrogen-bond donors (Lipinski definition) is 1. The molecule has 0 atom stereocenters. The molecule has 0 aliphatic heterocycles. The summed E-state index contributed by atoms with van der Waals surface area (Å²) in [5.74, 6) is 0.643. The van der Waals surface area contributed by atoms with Crippen LogP contribution in [0.25, 0.3) is 11.0 Å². The Bertz CT molecular complexity index is 1250. The lowest BCUT2D eigenvalue weighted by Crippen LogP contribution is -2.07. The predicted octanol–water partition coefficient (Wildman–Crippen LogP) is 7.35. The zero-order chi connectivity index (χ0) is 21.3. The minimum atomic E-state index is -0.237. The lowest BCUT2D eigenvalue weighted by Gasteiger charge is -2.10. The van der Waals surface area contributed by atoms with Crippen molar-refractivity contribution < 1.29 is 13.9 Å². The summed E-state index contributed by atoms with van der Waals surface area (Å²) >= 11 is 15.7. The summed E-state index contributed by atoms with van der Waals surface area (Å²) in [6.07, 6.45) is 0. The van der Waals surface area contributed by atoms with Gasteiger partial charge >= 0.3 is 0 Å². The molecule has 30 heavy (non-hydrogen) atoms. The molecule has 152 valence electrons. The zero-order valence-electron chi connectivity index (χ0n) is 15.8. The average molecular weight is 505 g/mol. The molecule has 4 aromatic rings. The average Bonchev–Trinajstić information content (AvgIpc) is 3.11. The Morgan fingerprint density at radius 3 is 2.63 bits per heavy atom. The molecule has 0 saturated heterocycles. The molecular formula is C23H16BrCl2NO3. The van der Waals surface area contributed by atoms with E-state index in [4.69, 9.17) is 32.4 Å². The van der Waals surface area contributed by atoms with E-state index in [1.165, 1.54) is 0 Å². The number of rotatable bonds is 6. The third-order valence-corrected chi connectivity index (χ3v) is 5.89. The van der Waals surface area contributed by atoms with Gasteiger partial charge in [-0.3, -0.25) is 4.79 Å². The number of furan rings is 1. The highest BCUT2D eigenvalue weighted by Gasteiger charge is 2.22. The van der Waals surface area contributed by atoms with Crippen molar-refractivity contribution in [2.24, 2.45) is 0 Å². The van der Waals surface area contributed by atoms with E-state index in [2.05, 4.69) is 21.2 Å². The number of anilines is 1. The standard InChI is InChI=1S/C23H16BrCl2NO3/c1-29-20-9-7-13(10-17(20)24)22(28)23-21(16-4-2-3-5-19(16)30-23)27-12-14-6-8-15(25)11-18(14)26/h2-11,27H,12H2,1H3. The van der Waals surface area contributed by atoms with E-state index in [0.29, 0.717) is 43.6 Å². The third kappa shape index (κ3) is 4.06. The van der Waals surface area contributed by atoms with Gasteiger partial charge in [-0.15, -0.1) is 0 Å². The molecule has 0 unspecified atom stereocenters. The summed E-state index contributed by atoms with van der Waals surface area (Å²) in [5.41, 5.74) is 2.58. The molecule has 7 heteroatoms. The molecular weight excluding hydrogens is 489 g/mol. The maximum Gasteiger partial charge on any atom is 0.230 e. The molecule has 1 aromatic heterocycles. The monoisotopic (exact) mass is 503 g/mol. The maximum absolute atomic E-state index is 13.3. The fraction of sp³-hybridized carbons (Fsp3) is 0.0870. The van der Waals surface area contributed by atoms with Crippen LogP contribution in [0.15, 0.2) is 69.6 Å². The minimum Gasteiger partial charge on any atom is -0.496 e. The van der Waals surface area contributed by atoms with Crippen molar-refractivity contribution in [2.45, 2.75) is 6.54 Å². The van der Waals surface area contributed by atoms with Crippen LogP contribution in [0, 0.1) is 0 Å². The Morgan fingerprint density at radius 1 is 1.10 bits per heavy atom. The quantitative estimate of drug-likeness (QED) is 0.279. The van der Waals surface area contributed by atoms with Crippen LogP contribution in [-0.4, -0.2) is 12.9 Å². The normalized spacial score (nSPS) is 10.9. The van der Waals surface area contributed by atoms with Crippen LogP contribution in [0.5, 0.6) is 5.75 Å². The van der Waals surface area contributed by atoms with E-state index in [1.807, 2.05) is 30.3 Å². The maximum atomic E-state index is 13.3. The Labute approximate surface area is 191 Å². The van der Waals surface area contributed by atoms with Crippen molar-refractivity contribution in [3.05, 3.63) is 92.1 Å². The predicted molar refractivity (Wildman–Crippen MR) is 124 cm³/mol. The zero-order valence-corrected chi connectivity index (χ0v) is 18.9. The summed E-state index contributed by atoms with van der Waals surface area (Å²) in [6.45, 7) is 0.409. The summed E-state index contributed by atoms with van der Waals surface area (Å²) in [4.78, 5) is 13.3. The first-order valence-electron chi connectivity index (χ1n) is 9.05. The summed E-state index contributed by atoms with van der Waals surface area (Å²) in [5, 5.41) is 5.26. The van der Waals surface area contributed by atoms with Gasteiger partial charge in [0, 0.05) is 27.5 Å². The van der Waals surface area contributed by atoms with Crippen LogP contribution in [-0.2, 0) is 6.54 Å². The Kier molecular flexibility index (Phi) is 6.04. The van der Waals surface area contributed by atoms with Gasteiger partial charge in [-0.05, 0) is 64.0 Å². The molecule has 0 bridgehead atoms. The van der Waals surface area contributed by atoms with Gasteiger partial charge in [0.2, 0.25) is 5.78 Å². The molecule has 0 spiro atoms. The third-order valence-electron chi connectivity index (χ3n) is 4.69. The highest BCUT2D eigenvalue weighted by molar-refractivity contribution is 9.10. The molecule has 3 aromatic carbocycles. The number of methoxy groups -OCH3 is 1. The number of fused-ring (bicyclic) bond motifs is 1. The fourth-order valence-corrected chi connectivity index (χ4v) is 4.18.